The molecule has 0 aliphatic heterocycles. The first-order valence-electron chi connectivity index (χ1n) is 14.6. The fourth-order valence-corrected chi connectivity index (χ4v) is 11.4. The summed E-state index contributed by atoms with van der Waals surface area (Å²) in [6, 6.07) is 61.0. The lowest BCUT2D eigenvalue weighted by Gasteiger charge is -2.39. The summed E-state index contributed by atoms with van der Waals surface area (Å²) < 4.78 is 0. The number of benzene rings is 6. The van der Waals surface area contributed by atoms with Crippen molar-refractivity contribution < 1.29 is 9.90 Å². The van der Waals surface area contributed by atoms with E-state index < -0.39 is 12.9 Å². The van der Waals surface area contributed by atoms with Crippen molar-refractivity contribution in [2.75, 3.05) is 0 Å². The lowest BCUT2D eigenvalue weighted by atomic mass is 9.81. The normalized spacial score (nSPS) is 13.5. The van der Waals surface area contributed by atoms with Gasteiger partial charge in [0.1, 0.15) is 28.8 Å². The van der Waals surface area contributed by atoms with Gasteiger partial charge in [-0.2, -0.15) is 0 Å². The fourth-order valence-electron chi connectivity index (χ4n) is 6.29. The highest BCUT2D eigenvalue weighted by molar-refractivity contribution is 7.96. The Labute approximate surface area is 254 Å². The highest BCUT2D eigenvalue weighted by Crippen LogP contribution is 2.69. The lowest BCUT2D eigenvalue weighted by Crippen LogP contribution is -2.42. The molecule has 2 nitrogen and oxygen atoms in total. The maximum Gasteiger partial charge on any atom is 0.199 e. The van der Waals surface area contributed by atoms with E-state index in [9.17, 15) is 9.90 Å². The SMILES string of the molecule is O=C(c1ccccc1)[C@](O)(C[C@@H](c1ccccc1)[P+](c1ccccc1)(c1ccccc1)c1ccccc1)c1ccccc1. The first kappa shape index (κ1) is 28.5. The van der Waals surface area contributed by atoms with E-state index in [0.29, 0.717) is 11.1 Å². The third-order valence-electron chi connectivity index (χ3n) is 8.29. The van der Waals surface area contributed by atoms with E-state index in [4.69, 9.17) is 0 Å². The van der Waals surface area contributed by atoms with Gasteiger partial charge in [0.05, 0.1) is 0 Å². The van der Waals surface area contributed by atoms with Gasteiger partial charge >= 0.3 is 0 Å². The van der Waals surface area contributed by atoms with Crippen LogP contribution >= 0.6 is 7.26 Å². The Kier molecular flexibility index (Phi) is 8.43. The number of carbonyl (C=O) groups is 1. The molecule has 2 atom stereocenters. The molecule has 1 N–H and O–H groups in total. The Hall–Kier alpha value is -4.62. The average molecular weight is 578 g/mol. The van der Waals surface area contributed by atoms with Crippen LogP contribution in [0.3, 0.4) is 0 Å². The van der Waals surface area contributed by atoms with Gasteiger partial charge in [0.2, 0.25) is 0 Å². The molecule has 0 saturated heterocycles. The largest absolute Gasteiger partial charge is 0.377 e. The van der Waals surface area contributed by atoms with Gasteiger partial charge < -0.3 is 5.11 Å². The minimum Gasteiger partial charge on any atom is -0.377 e. The molecule has 0 amide bonds. The van der Waals surface area contributed by atoms with Crippen molar-refractivity contribution in [1.82, 2.24) is 0 Å². The molecular weight excluding hydrogens is 543 g/mol. The first-order valence-corrected chi connectivity index (χ1v) is 16.5. The summed E-state index contributed by atoms with van der Waals surface area (Å²) in [4.78, 5) is 14.5. The predicted octanol–water partition coefficient (Wildman–Crippen LogP) is 7.88. The van der Waals surface area contributed by atoms with Crippen LogP contribution in [0.5, 0.6) is 0 Å². The molecule has 6 rings (SSSR count). The van der Waals surface area contributed by atoms with Crippen LogP contribution in [0.2, 0.25) is 0 Å². The molecule has 0 heterocycles. The molecule has 3 heteroatoms. The molecule has 6 aromatic rings. The van der Waals surface area contributed by atoms with Crippen molar-refractivity contribution in [1.29, 1.82) is 0 Å². The predicted molar refractivity (Wildman–Crippen MR) is 180 cm³/mol. The van der Waals surface area contributed by atoms with Gasteiger partial charge in [-0.05, 0) is 47.5 Å². The van der Waals surface area contributed by atoms with Gasteiger partial charge in [-0.1, -0.05) is 146 Å². The Morgan fingerprint density at radius 1 is 0.512 bits per heavy atom. The second-order valence-electron chi connectivity index (χ2n) is 10.8. The van der Waals surface area contributed by atoms with Crippen molar-refractivity contribution in [3.05, 3.63) is 199 Å². The quantitative estimate of drug-likeness (QED) is 0.133. The summed E-state index contributed by atoms with van der Waals surface area (Å²) in [6.07, 6.45) is 0.196. The van der Waals surface area contributed by atoms with Crippen molar-refractivity contribution >= 4 is 29.0 Å². The van der Waals surface area contributed by atoms with E-state index in [0.717, 1.165) is 5.56 Å². The molecule has 0 bridgehead atoms. The molecule has 43 heavy (non-hydrogen) atoms. The Balaban J connectivity index is 1.69. The number of rotatable bonds is 10. The van der Waals surface area contributed by atoms with Crippen molar-refractivity contribution in [3.63, 3.8) is 0 Å². The van der Waals surface area contributed by atoms with E-state index in [-0.39, 0.29) is 17.9 Å². The Morgan fingerprint density at radius 3 is 1.28 bits per heavy atom. The minimum absolute atomic E-state index is 0.196. The Bertz CT molecular complexity index is 1650. The zero-order valence-electron chi connectivity index (χ0n) is 23.9. The van der Waals surface area contributed by atoms with Crippen LogP contribution < -0.4 is 15.9 Å². The minimum atomic E-state index is -2.55. The van der Waals surface area contributed by atoms with Gasteiger partial charge in [0.15, 0.2) is 11.4 Å². The topological polar surface area (TPSA) is 37.3 Å². The van der Waals surface area contributed by atoms with Gasteiger partial charge in [0, 0.05) is 12.0 Å². The summed E-state index contributed by atoms with van der Waals surface area (Å²) in [7, 11) is -2.55. The van der Waals surface area contributed by atoms with E-state index >= 15 is 0 Å². The van der Waals surface area contributed by atoms with Crippen LogP contribution in [0.15, 0.2) is 182 Å². The van der Waals surface area contributed by atoms with Crippen LogP contribution in [0.1, 0.15) is 33.6 Å². The van der Waals surface area contributed by atoms with E-state index in [1.165, 1.54) is 15.9 Å². The zero-order chi connectivity index (χ0) is 29.5. The third-order valence-corrected chi connectivity index (χ3v) is 13.0. The molecule has 0 radical (unpaired) electrons. The number of carbonyl (C=O) groups excluding carboxylic acids is 1. The van der Waals surface area contributed by atoms with Crippen molar-refractivity contribution in [2.24, 2.45) is 0 Å². The zero-order valence-corrected chi connectivity index (χ0v) is 24.8. The molecule has 0 fully saturated rings. The molecule has 0 spiro atoms. The van der Waals surface area contributed by atoms with Crippen LogP contribution in [-0.2, 0) is 5.60 Å². The van der Waals surface area contributed by atoms with Crippen LogP contribution in [0.4, 0.5) is 0 Å². The third kappa shape index (κ3) is 5.48. The summed E-state index contributed by atoms with van der Waals surface area (Å²) in [5.74, 6) is -0.299. The van der Waals surface area contributed by atoms with E-state index in [2.05, 4.69) is 97.1 Å². The second-order valence-corrected chi connectivity index (χ2v) is 14.4. The molecule has 0 saturated carbocycles. The summed E-state index contributed by atoms with van der Waals surface area (Å²) in [5, 5.41) is 16.5. The fraction of sp³-hybridized carbons (Fsp3) is 0.0750. The number of aliphatic hydroxyl groups is 1. The number of ketones is 1. The van der Waals surface area contributed by atoms with Gasteiger partial charge in [-0.3, -0.25) is 4.79 Å². The molecule has 0 aliphatic carbocycles. The molecule has 210 valence electrons. The van der Waals surface area contributed by atoms with Crippen LogP contribution in [-0.4, -0.2) is 10.9 Å². The maximum absolute atomic E-state index is 14.5. The van der Waals surface area contributed by atoms with Gasteiger partial charge in [-0.25, -0.2) is 0 Å². The van der Waals surface area contributed by atoms with Crippen LogP contribution in [0, 0.1) is 0 Å². The molecule has 0 aromatic heterocycles. The van der Waals surface area contributed by atoms with Crippen molar-refractivity contribution in [2.45, 2.75) is 17.7 Å². The highest BCUT2D eigenvalue weighted by Gasteiger charge is 2.56. The second kappa shape index (κ2) is 12.7. The van der Waals surface area contributed by atoms with Gasteiger partial charge in [-0.15, -0.1) is 0 Å². The molecular formula is C40H34O2P+. The summed E-state index contributed by atoms with van der Waals surface area (Å²) >= 11 is 0. The maximum atomic E-state index is 14.5. The number of Topliss-reactive ketones (excluding diaryl/α,β-unsaturated/α-hetero) is 1. The number of hydrogen-bond donors (Lipinski definition) is 1. The summed E-state index contributed by atoms with van der Waals surface area (Å²) in [6.45, 7) is 0. The standard InChI is InChI=1S/C40H34O2P/c41-39(33-21-9-2-10-22-33)40(42,34-23-11-3-12-24-34)31-38(32-19-7-1-8-20-32)43(35-25-13-4-14-26-35,36-27-15-5-16-28-36)37-29-17-6-18-30-37/h1-30,38,42H,31H2/q+1/t38-,40-/m0/s1. The molecule has 0 unspecified atom stereocenters. The lowest BCUT2D eigenvalue weighted by molar-refractivity contribution is 0.0246. The smallest absolute Gasteiger partial charge is 0.199 e. The van der Waals surface area contributed by atoms with Gasteiger partial charge in [0.25, 0.3) is 0 Å². The molecule has 6 aromatic carbocycles. The first-order chi connectivity index (χ1) is 21.1. The van der Waals surface area contributed by atoms with Crippen molar-refractivity contribution in [3.8, 4) is 0 Å². The summed E-state index contributed by atoms with van der Waals surface area (Å²) in [5.41, 5.74) is 0.148. The van der Waals surface area contributed by atoms with E-state index in [1.807, 2.05) is 72.8 Å². The average Bonchev–Trinajstić information content (AvgIpc) is 3.10. The monoisotopic (exact) mass is 577 g/mol. The number of hydrogen-bond acceptors (Lipinski definition) is 2. The molecule has 0 aliphatic rings. The highest BCUT2D eigenvalue weighted by atomic mass is 31.2. The van der Waals surface area contributed by atoms with E-state index in [1.54, 1.807) is 12.1 Å². The Morgan fingerprint density at radius 2 is 0.860 bits per heavy atom. The van der Waals surface area contributed by atoms with Crippen LogP contribution in [0.25, 0.3) is 0 Å².